The van der Waals surface area contributed by atoms with Crippen LogP contribution in [0.25, 0.3) is 21.8 Å². The van der Waals surface area contributed by atoms with Crippen molar-refractivity contribution in [2.24, 2.45) is 0 Å². The number of rotatable bonds is 7. The summed E-state index contributed by atoms with van der Waals surface area (Å²) in [6.45, 7) is 3.63. The Morgan fingerprint density at radius 3 is 1.97 bits per heavy atom. The summed E-state index contributed by atoms with van der Waals surface area (Å²) in [5.74, 6) is -0.451. The zero-order valence-electron chi connectivity index (χ0n) is 18.4. The van der Waals surface area contributed by atoms with E-state index in [-0.39, 0.29) is 6.54 Å². The van der Waals surface area contributed by atoms with E-state index >= 15 is 0 Å². The summed E-state index contributed by atoms with van der Waals surface area (Å²) in [4.78, 5) is 11.9. The van der Waals surface area contributed by atoms with Gasteiger partial charge in [0.05, 0.1) is 25.0 Å². The van der Waals surface area contributed by atoms with Crippen LogP contribution in [0.4, 0.5) is 5.69 Å². The van der Waals surface area contributed by atoms with E-state index in [1.165, 1.54) is 11.2 Å². The molecule has 4 rings (SSSR count). The Kier molecular flexibility index (Phi) is 5.93. The molecular weight excluding hydrogens is 424 g/mol. The number of aromatic nitrogens is 1. The van der Waals surface area contributed by atoms with E-state index in [1.807, 2.05) is 55.5 Å². The lowest BCUT2D eigenvalue weighted by atomic mass is 10.2. The summed E-state index contributed by atoms with van der Waals surface area (Å²) in [5.41, 5.74) is 3.58. The van der Waals surface area contributed by atoms with Gasteiger partial charge in [0.25, 0.3) is 0 Å². The quantitative estimate of drug-likeness (QED) is 0.389. The molecule has 7 heteroatoms. The van der Waals surface area contributed by atoms with Gasteiger partial charge >= 0.3 is 5.97 Å². The van der Waals surface area contributed by atoms with Gasteiger partial charge in [0.2, 0.25) is 10.0 Å². The average molecular weight is 451 g/mol. The second kappa shape index (κ2) is 8.67. The molecule has 0 amide bonds. The Hall–Kier alpha value is -3.32. The lowest BCUT2D eigenvalue weighted by Gasteiger charge is -2.28. The predicted molar refractivity (Wildman–Crippen MR) is 128 cm³/mol. The van der Waals surface area contributed by atoms with Crippen molar-refractivity contribution in [3.05, 3.63) is 78.4 Å². The number of para-hydroxylation sites is 2. The van der Waals surface area contributed by atoms with Crippen LogP contribution in [-0.4, -0.2) is 37.9 Å². The SMILES string of the molecule is CC(=O)O[C@H](CN(c1ccc(C)cc1)S(C)(=O)=O)Cn1c2ccccc2c2ccccc21. The van der Waals surface area contributed by atoms with Gasteiger partial charge in [0.1, 0.15) is 6.10 Å². The van der Waals surface area contributed by atoms with Crippen LogP contribution in [0.5, 0.6) is 0 Å². The average Bonchev–Trinajstić information content (AvgIpc) is 3.05. The zero-order chi connectivity index (χ0) is 22.9. The highest BCUT2D eigenvalue weighted by Gasteiger charge is 2.25. The monoisotopic (exact) mass is 450 g/mol. The van der Waals surface area contributed by atoms with Crippen molar-refractivity contribution in [3.8, 4) is 0 Å². The van der Waals surface area contributed by atoms with E-state index in [4.69, 9.17) is 4.74 Å². The highest BCUT2D eigenvalue weighted by Crippen LogP contribution is 2.29. The van der Waals surface area contributed by atoms with E-state index < -0.39 is 22.1 Å². The first-order valence-corrected chi connectivity index (χ1v) is 12.3. The highest BCUT2D eigenvalue weighted by atomic mass is 32.2. The second-order valence-electron chi connectivity index (χ2n) is 8.01. The fourth-order valence-electron chi connectivity index (χ4n) is 4.10. The van der Waals surface area contributed by atoms with Gasteiger partial charge in [-0.05, 0) is 31.2 Å². The molecule has 4 aromatic rings. The van der Waals surface area contributed by atoms with Crippen LogP contribution >= 0.6 is 0 Å². The molecule has 0 N–H and O–H groups in total. The number of carbonyl (C=O) groups is 1. The Labute approximate surface area is 188 Å². The third kappa shape index (κ3) is 4.48. The van der Waals surface area contributed by atoms with Gasteiger partial charge < -0.3 is 9.30 Å². The number of sulfonamides is 1. The first kappa shape index (κ1) is 21.9. The van der Waals surface area contributed by atoms with Gasteiger partial charge in [-0.15, -0.1) is 0 Å². The summed E-state index contributed by atoms with van der Waals surface area (Å²) in [7, 11) is -3.59. The smallest absolute Gasteiger partial charge is 0.303 e. The Morgan fingerprint density at radius 1 is 0.938 bits per heavy atom. The van der Waals surface area contributed by atoms with Crippen LogP contribution in [0.1, 0.15) is 12.5 Å². The molecule has 0 bridgehead atoms. The topological polar surface area (TPSA) is 68.6 Å². The van der Waals surface area contributed by atoms with Crippen LogP contribution < -0.4 is 4.31 Å². The minimum atomic E-state index is -3.59. The molecular formula is C25H26N2O4S. The summed E-state index contributed by atoms with van der Waals surface area (Å²) < 4.78 is 34.3. The van der Waals surface area contributed by atoms with Crippen molar-refractivity contribution in [1.82, 2.24) is 4.57 Å². The van der Waals surface area contributed by atoms with E-state index in [0.717, 1.165) is 33.6 Å². The fourth-order valence-corrected chi connectivity index (χ4v) is 5.04. The Morgan fingerprint density at radius 2 is 1.47 bits per heavy atom. The number of hydrogen-bond donors (Lipinski definition) is 0. The molecule has 0 fully saturated rings. The first-order valence-electron chi connectivity index (χ1n) is 10.4. The van der Waals surface area contributed by atoms with Crippen molar-refractivity contribution in [1.29, 1.82) is 0 Å². The molecule has 166 valence electrons. The summed E-state index contributed by atoms with van der Waals surface area (Å²) in [5, 5.41) is 2.20. The predicted octanol–water partition coefficient (Wildman–Crippen LogP) is 4.50. The number of fused-ring (bicyclic) bond motifs is 3. The van der Waals surface area contributed by atoms with E-state index in [2.05, 4.69) is 16.7 Å². The molecule has 1 heterocycles. The van der Waals surface area contributed by atoms with Crippen molar-refractivity contribution in [2.75, 3.05) is 17.1 Å². The number of hydrogen-bond acceptors (Lipinski definition) is 4. The standard InChI is InChI=1S/C25H26N2O4S/c1-18-12-14-20(15-13-18)27(32(3,29)30)17-21(31-19(2)28)16-26-24-10-6-4-8-22(24)23-9-5-7-11-25(23)26/h4-15,21H,16-17H2,1-3H3/t21-/m0/s1. The van der Waals surface area contributed by atoms with Gasteiger partial charge in [0.15, 0.2) is 0 Å². The van der Waals surface area contributed by atoms with Crippen LogP contribution in [-0.2, 0) is 26.1 Å². The number of ether oxygens (including phenoxy) is 1. The van der Waals surface area contributed by atoms with E-state index in [9.17, 15) is 13.2 Å². The number of aryl methyl sites for hydroxylation is 1. The second-order valence-corrected chi connectivity index (χ2v) is 9.91. The molecule has 6 nitrogen and oxygen atoms in total. The summed E-state index contributed by atoms with van der Waals surface area (Å²) >= 11 is 0. The highest BCUT2D eigenvalue weighted by molar-refractivity contribution is 7.92. The van der Waals surface area contributed by atoms with Crippen molar-refractivity contribution in [3.63, 3.8) is 0 Å². The molecule has 0 aliphatic carbocycles. The number of nitrogens with zero attached hydrogens (tertiary/aromatic N) is 2. The minimum Gasteiger partial charge on any atom is -0.459 e. The molecule has 0 aliphatic rings. The van der Waals surface area contributed by atoms with Gasteiger partial charge in [-0.1, -0.05) is 54.1 Å². The molecule has 0 saturated heterocycles. The van der Waals surface area contributed by atoms with E-state index in [1.54, 1.807) is 12.1 Å². The largest absolute Gasteiger partial charge is 0.459 e. The Bertz CT molecular complexity index is 1320. The molecule has 0 aliphatic heterocycles. The molecule has 3 aromatic carbocycles. The molecule has 0 radical (unpaired) electrons. The molecule has 0 unspecified atom stereocenters. The lowest BCUT2D eigenvalue weighted by Crippen LogP contribution is -2.40. The maximum atomic E-state index is 12.6. The maximum absolute atomic E-state index is 12.6. The fraction of sp³-hybridized carbons (Fsp3) is 0.240. The summed E-state index contributed by atoms with van der Waals surface area (Å²) in [6.07, 6.45) is 0.487. The van der Waals surface area contributed by atoms with Gasteiger partial charge in [-0.2, -0.15) is 0 Å². The number of carbonyl (C=O) groups excluding carboxylic acids is 1. The van der Waals surface area contributed by atoms with Crippen molar-refractivity contribution >= 4 is 43.5 Å². The summed E-state index contributed by atoms with van der Waals surface area (Å²) in [6, 6.07) is 23.3. The Balaban J connectivity index is 1.76. The van der Waals surface area contributed by atoms with Gasteiger partial charge in [-0.25, -0.2) is 8.42 Å². The molecule has 1 aromatic heterocycles. The molecule has 1 atom stereocenters. The molecule has 32 heavy (non-hydrogen) atoms. The third-order valence-electron chi connectivity index (χ3n) is 5.49. The van der Waals surface area contributed by atoms with Gasteiger partial charge in [-0.3, -0.25) is 9.10 Å². The van der Waals surface area contributed by atoms with Crippen molar-refractivity contribution < 1.29 is 17.9 Å². The van der Waals surface area contributed by atoms with Crippen LogP contribution in [0.15, 0.2) is 72.8 Å². The molecule has 0 spiro atoms. The lowest BCUT2D eigenvalue weighted by molar-refractivity contribution is -0.146. The molecule has 0 saturated carbocycles. The van der Waals surface area contributed by atoms with Crippen LogP contribution in [0, 0.1) is 6.92 Å². The zero-order valence-corrected chi connectivity index (χ0v) is 19.2. The van der Waals surface area contributed by atoms with Crippen LogP contribution in [0.3, 0.4) is 0 Å². The number of anilines is 1. The third-order valence-corrected chi connectivity index (χ3v) is 6.65. The maximum Gasteiger partial charge on any atom is 0.303 e. The van der Waals surface area contributed by atoms with Crippen molar-refractivity contribution in [2.45, 2.75) is 26.5 Å². The van der Waals surface area contributed by atoms with Gasteiger partial charge in [0, 0.05) is 28.7 Å². The van der Waals surface area contributed by atoms with Crippen LogP contribution in [0.2, 0.25) is 0 Å². The van der Waals surface area contributed by atoms with E-state index in [0.29, 0.717) is 12.2 Å². The normalized spacial score (nSPS) is 12.7. The number of esters is 1. The minimum absolute atomic E-state index is 0.0162. The first-order chi connectivity index (χ1) is 15.2. The number of benzene rings is 3.